The lowest BCUT2D eigenvalue weighted by Gasteiger charge is -2.31. The quantitative estimate of drug-likeness (QED) is 0.757. The van der Waals surface area contributed by atoms with E-state index in [2.05, 4.69) is 45.7 Å². The van der Waals surface area contributed by atoms with Crippen molar-refractivity contribution in [2.45, 2.75) is 6.54 Å². The van der Waals surface area contributed by atoms with Crippen molar-refractivity contribution < 1.29 is 9.47 Å². The molecule has 4 heteroatoms. The highest BCUT2D eigenvalue weighted by molar-refractivity contribution is 14.1. The number of para-hydroxylation sites is 1. The molecule has 0 saturated heterocycles. The molecule has 1 aliphatic heterocycles. The van der Waals surface area contributed by atoms with Crippen molar-refractivity contribution in [1.82, 2.24) is 0 Å². The van der Waals surface area contributed by atoms with E-state index in [1.807, 2.05) is 24.3 Å². The number of rotatable bonds is 2. The second-order valence-electron chi connectivity index (χ2n) is 4.40. The Balaban J connectivity index is 1.91. The van der Waals surface area contributed by atoms with E-state index in [0.717, 1.165) is 23.6 Å². The van der Waals surface area contributed by atoms with Crippen LogP contribution >= 0.6 is 22.6 Å². The normalized spacial score (nSPS) is 13.7. The largest absolute Gasteiger partial charge is 0.497 e. The molecule has 1 heterocycles. The van der Waals surface area contributed by atoms with Gasteiger partial charge >= 0.3 is 0 Å². The second kappa shape index (κ2) is 5.28. The maximum absolute atomic E-state index is 5.81. The zero-order chi connectivity index (χ0) is 13.2. The number of methoxy groups -OCH3 is 1. The van der Waals surface area contributed by atoms with Crippen molar-refractivity contribution in [2.75, 3.05) is 18.7 Å². The molecule has 98 valence electrons. The van der Waals surface area contributed by atoms with Gasteiger partial charge in [0.25, 0.3) is 0 Å². The van der Waals surface area contributed by atoms with Crippen molar-refractivity contribution in [3.05, 3.63) is 51.6 Å². The van der Waals surface area contributed by atoms with Gasteiger partial charge in [0, 0.05) is 9.13 Å². The Bertz CT molecular complexity index is 600. The smallest absolute Gasteiger partial charge is 0.161 e. The first kappa shape index (κ1) is 12.6. The summed E-state index contributed by atoms with van der Waals surface area (Å²) in [5.74, 6) is 1.81. The number of nitrogens with zero attached hydrogens (tertiary/aromatic N) is 1. The van der Waals surface area contributed by atoms with Gasteiger partial charge in [0.15, 0.2) is 6.73 Å². The van der Waals surface area contributed by atoms with E-state index < -0.39 is 0 Å². The summed E-state index contributed by atoms with van der Waals surface area (Å²) >= 11 is 2.35. The Labute approximate surface area is 126 Å². The van der Waals surface area contributed by atoms with E-state index >= 15 is 0 Å². The van der Waals surface area contributed by atoms with Crippen molar-refractivity contribution in [2.24, 2.45) is 0 Å². The van der Waals surface area contributed by atoms with Gasteiger partial charge in [-0.2, -0.15) is 0 Å². The molecule has 3 rings (SSSR count). The molecule has 2 aromatic rings. The standard InChI is InChI=1S/C15H14INO2/c1-18-12-6-7-15-11(8-12)9-17(10-19-15)14-5-3-2-4-13(14)16/h2-8H,9-10H2,1H3. The van der Waals surface area contributed by atoms with Crippen LogP contribution in [0.2, 0.25) is 0 Å². The lowest BCUT2D eigenvalue weighted by Crippen LogP contribution is -2.32. The minimum absolute atomic E-state index is 0.583. The molecular weight excluding hydrogens is 353 g/mol. The summed E-state index contributed by atoms with van der Waals surface area (Å²) in [4.78, 5) is 2.23. The maximum Gasteiger partial charge on any atom is 0.161 e. The number of ether oxygens (including phenoxy) is 2. The van der Waals surface area contributed by atoms with Crippen LogP contribution in [0.5, 0.6) is 11.5 Å². The third-order valence-electron chi connectivity index (χ3n) is 3.20. The highest BCUT2D eigenvalue weighted by Crippen LogP contribution is 2.32. The maximum atomic E-state index is 5.81. The molecule has 0 amide bonds. The fraction of sp³-hybridized carbons (Fsp3) is 0.200. The van der Waals surface area contributed by atoms with Gasteiger partial charge in [-0.25, -0.2) is 0 Å². The van der Waals surface area contributed by atoms with Gasteiger partial charge in [-0.3, -0.25) is 0 Å². The number of anilines is 1. The van der Waals surface area contributed by atoms with E-state index in [0.29, 0.717) is 6.73 Å². The van der Waals surface area contributed by atoms with Crippen LogP contribution < -0.4 is 14.4 Å². The summed E-state index contributed by atoms with van der Waals surface area (Å²) in [6.45, 7) is 1.42. The first-order valence-electron chi connectivity index (χ1n) is 6.07. The van der Waals surface area contributed by atoms with Crippen LogP contribution in [0, 0.1) is 3.57 Å². The summed E-state index contributed by atoms with van der Waals surface area (Å²) in [7, 11) is 1.68. The molecule has 0 radical (unpaired) electrons. The minimum Gasteiger partial charge on any atom is -0.497 e. The van der Waals surface area contributed by atoms with Gasteiger partial charge in [-0.15, -0.1) is 0 Å². The highest BCUT2D eigenvalue weighted by Gasteiger charge is 2.19. The first-order valence-corrected chi connectivity index (χ1v) is 7.15. The van der Waals surface area contributed by atoms with E-state index in [4.69, 9.17) is 9.47 Å². The summed E-state index contributed by atoms with van der Waals surface area (Å²) in [5.41, 5.74) is 2.36. The van der Waals surface area contributed by atoms with Crippen LogP contribution in [0.25, 0.3) is 0 Å². The lowest BCUT2D eigenvalue weighted by atomic mass is 10.1. The third kappa shape index (κ3) is 2.49. The number of hydrogen-bond acceptors (Lipinski definition) is 3. The molecule has 0 unspecified atom stereocenters. The summed E-state index contributed by atoms with van der Waals surface area (Å²) in [6, 6.07) is 14.3. The topological polar surface area (TPSA) is 21.7 Å². The zero-order valence-electron chi connectivity index (χ0n) is 10.6. The van der Waals surface area contributed by atoms with Crippen LogP contribution in [0.3, 0.4) is 0 Å². The van der Waals surface area contributed by atoms with E-state index in [-0.39, 0.29) is 0 Å². The predicted molar refractivity (Wildman–Crippen MR) is 83.8 cm³/mol. The molecule has 0 atom stereocenters. The second-order valence-corrected chi connectivity index (χ2v) is 5.56. The van der Waals surface area contributed by atoms with Crippen LogP contribution in [0.4, 0.5) is 5.69 Å². The number of hydrogen-bond donors (Lipinski definition) is 0. The van der Waals surface area contributed by atoms with E-state index in [1.54, 1.807) is 7.11 Å². The van der Waals surface area contributed by atoms with Gasteiger partial charge < -0.3 is 14.4 Å². The molecule has 0 spiro atoms. The summed E-state index contributed by atoms with van der Waals surface area (Å²) in [6.07, 6.45) is 0. The monoisotopic (exact) mass is 367 g/mol. The Hall–Kier alpha value is -1.43. The molecular formula is C15H14INO2. The predicted octanol–water partition coefficient (Wildman–Crippen LogP) is 3.66. The Kier molecular flexibility index (Phi) is 3.50. The molecule has 0 fully saturated rings. The lowest BCUT2D eigenvalue weighted by molar-refractivity contribution is 0.288. The Morgan fingerprint density at radius 1 is 1.21 bits per heavy atom. The van der Waals surface area contributed by atoms with Gasteiger partial charge in [0.05, 0.1) is 19.3 Å². The average molecular weight is 367 g/mol. The van der Waals surface area contributed by atoms with Gasteiger partial charge in [0.2, 0.25) is 0 Å². The number of benzene rings is 2. The fourth-order valence-corrected chi connectivity index (χ4v) is 2.94. The molecule has 0 aromatic heterocycles. The fourth-order valence-electron chi connectivity index (χ4n) is 2.21. The molecule has 0 aliphatic carbocycles. The van der Waals surface area contributed by atoms with Crippen molar-refractivity contribution in [1.29, 1.82) is 0 Å². The van der Waals surface area contributed by atoms with Crippen LogP contribution in [-0.4, -0.2) is 13.8 Å². The SMILES string of the molecule is COc1ccc2c(c1)CN(c1ccccc1I)CO2. The first-order chi connectivity index (χ1) is 9.28. The molecule has 1 aliphatic rings. The molecule has 3 nitrogen and oxygen atoms in total. The van der Waals surface area contributed by atoms with Crippen LogP contribution in [0.1, 0.15) is 5.56 Å². The van der Waals surface area contributed by atoms with Gasteiger partial charge in [0.1, 0.15) is 11.5 Å². The molecule has 2 aromatic carbocycles. The minimum atomic E-state index is 0.583. The summed E-state index contributed by atoms with van der Waals surface area (Å²) < 4.78 is 12.3. The number of halogens is 1. The molecule has 0 bridgehead atoms. The van der Waals surface area contributed by atoms with E-state index in [1.165, 1.54) is 9.26 Å². The zero-order valence-corrected chi connectivity index (χ0v) is 12.8. The number of fused-ring (bicyclic) bond motifs is 1. The molecule has 0 N–H and O–H groups in total. The molecule has 0 saturated carbocycles. The Morgan fingerprint density at radius 2 is 2.05 bits per heavy atom. The van der Waals surface area contributed by atoms with Crippen molar-refractivity contribution in [3.8, 4) is 11.5 Å². The highest BCUT2D eigenvalue weighted by atomic mass is 127. The van der Waals surface area contributed by atoms with Gasteiger partial charge in [-0.05, 0) is 52.9 Å². The Morgan fingerprint density at radius 3 is 2.84 bits per heavy atom. The van der Waals surface area contributed by atoms with Crippen LogP contribution in [0.15, 0.2) is 42.5 Å². The summed E-state index contributed by atoms with van der Waals surface area (Å²) in [5, 5.41) is 0. The van der Waals surface area contributed by atoms with Crippen molar-refractivity contribution >= 4 is 28.3 Å². The van der Waals surface area contributed by atoms with E-state index in [9.17, 15) is 0 Å². The average Bonchev–Trinajstić information content (AvgIpc) is 2.46. The van der Waals surface area contributed by atoms with Crippen LogP contribution in [-0.2, 0) is 6.54 Å². The van der Waals surface area contributed by atoms with Crippen molar-refractivity contribution in [3.63, 3.8) is 0 Å². The molecule has 19 heavy (non-hydrogen) atoms. The van der Waals surface area contributed by atoms with Gasteiger partial charge in [-0.1, -0.05) is 12.1 Å². The third-order valence-corrected chi connectivity index (χ3v) is 4.11.